The van der Waals surface area contributed by atoms with Crippen LogP contribution in [0, 0.1) is 0 Å². The lowest BCUT2D eigenvalue weighted by Crippen LogP contribution is -2.39. The van der Waals surface area contributed by atoms with E-state index in [2.05, 4.69) is 51.7 Å². The number of aliphatic imine (C=N–C) groups is 1. The van der Waals surface area contributed by atoms with E-state index >= 15 is 0 Å². The molecule has 0 spiro atoms. The Morgan fingerprint density at radius 2 is 1.96 bits per heavy atom. The van der Waals surface area contributed by atoms with Gasteiger partial charge < -0.3 is 15.5 Å². The second kappa shape index (κ2) is 11.7. The first-order valence-electron chi connectivity index (χ1n) is 9.55. The molecule has 0 aromatic heterocycles. The highest BCUT2D eigenvalue weighted by molar-refractivity contribution is 14.0. The van der Waals surface area contributed by atoms with Crippen LogP contribution >= 0.6 is 24.0 Å². The molecule has 1 aliphatic heterocycles. The van der Waals surface area contributed by atoms with Crippen molar-refractivity contribution in [3.8, 4) is 0 Å². The van der Waals surface area contributed by atoms with E-state index in [0.717, 1.165) is 19.6 Å². The van der Waals surface area contributed by atoms with Crippen LogP contribution in [0.3, 0.4) is 0 Å². The third-order valence-electron chi connectivity index (χ3n) is 4.65. The number of nitrogens with one attached hydrogen (secondary N) is 2. The molecule has 1 atom stereocenters. The van der Waals surface area contributed by atoms with Gasteiger partial charge in [0.1, 0.15) is 0 Å². The van der Waals surface area contributed by atoms with Crippen molar-refractivity contribution in [1.29, 1.82) is 0 Å². The molecule has 1 aromatic carbocycles. The fourth-order valence-electron chi connectivity index (χ4n) is 3.02. The van der Waals surface area contributed by atoms with Crippen LogP contribution in [-0.2, 0) is 9.84 Å². The quantitative estimate of drug-likeness (QED) is 0.321. The summed E-state index contributed by atoms with van der Waals surface area (Å²) in [5.74, 6) is 0.892. The number of hydrogen-bond donors (Lipinski definition) is 2. The molecule has 0 amide bonds. The monoisotopic (exact) mass is 508 g/mol. The van der Waals surface area contributed by atoms with E-state index in [4.69, 9.17) is 0 Å². The van der Waals surface area contributed by atoms with E-state index in [0.29, 0.717) is 5.96 Å². The lowest BCUT2D eigenvalue weighted by molar-refractivity contribution is 0.597. The fraction of sp³-hybridized carbons (Fsp3) is 0.632. The second-order valence-corrected chi connectivity index (χ2v) is 9.12. The van der Waals surface area contributed by atoms with Gasteiger partial charge in [-0.05, 0) is 44.4 Å². The number of guanidine groups is 1. The third-order valence-corrected chi connectivity index (χ3v) is 6.34. The Hall–Kier alpha value is -1.03. The molecular formula is C19H33IN4O2S. The Kier molecular flexibility index (Phi) is 10.4. The highest BCUT2D eigenvalue weighted by atomic mass is 127. The maximum Gasteiger partial charge on any atom is 0.191 e. The Morgan fingerprint density at radius 3 is 2.59 bits per heavy atom. The van der Waals surface area contributed by atoms with Gasteiger partial charge in [0.15, 0.2) is 15.8 Å². The summed E-state index contributed by atoms with van der Waals surface area (Å²) in [5, 5.41) is 6.57. The van der Waals surface area contributed by atoms with Gasteiger partial charge in [0.2, 0.25) is 0 Å². The van der Waals surface area contributed by atoms with Gasteiger partial charge in [0.05, 0.1) is 18.3 Å². The van der Waals surface area contributed by atoms with Crippen LogP contribution in [0.4, 0.5) is 5.69 Å². The lowest BCUT2D eigenvalue weighted by Gasteiger charge is -2.22. The number of benzene rings is 1. The summed E-state index contributed by atoms with van der Waals surface area (Å²) in [5.41, 5.74) is 2.46. The van der Waals surface area contributed by atoms with Crippen LogP contribution in [0.15, 0.2) is 29.3 Å². The summed E-state index contributed by atoms with van der Waals surface area (Å²) < 4.78 is 23.3. The van der Waals surface area contributed by atoms with Gasteiger partial charge in [-0.2, -0.15) is 0 Å². The van der Waals surface area contributed by atoms with E-state index in [1.807, 2.05) is 6.92 Å². The van der Waals surface area contributed by atoms with Gasteiger partial charge in [0.25, 0.3) is 0 Å². The fourth-order valence-corrected chi connectivity index (χ4v) is 3.67. The van der Waals surface area contributed by atoms with Gasteiger partial charge in [0, 0.05) is 31.1 Å². The third kappa shape index (κ3) is 7.85. The Labute approximate surface area is 181 Å². The zero-order chi connectivity index (χ0) is 19.0. The molecule has 0 aliphatic carbocycles. The van der Waals surface area contributed by atoms with Crippen LogP contribution < -0.4 is 15.5 Å². The van der Waals surface area contributed by atoms with Crippen LogP contribution in [-0.4, -0.2) is 52.1 Å². The Balaban J connectivity index is 0.00000364. The predicted molar refractivity (Wildman–Crippen MR) is 125 cm³/mol. The molecule has 0 bridgehead atoms. The van der Waals surface area contributed by atoms with E-state index in [9.17, 15) is 8.42 Å². The van der Waals surface area contributed by atoms with Crippen molar-refractivity contribution in [3.05, 3.63) is 29.8 Å². The molecule has 154 valence electrons. The molecule has 1 aromatic rings. The normalized spacial score (nSPS) is 16.0. The molecule has 2 N–H and O–H groups in total. The van der Waals surface area contributed by atoms with Crippen LogP contribution in [0.1, 0.15) is 45.2 Å². The van der Waals surface area contributed by atoms with Gasteiger partial charge in [-0.15, -0.1) is 24.0 Å². The molecule has 8 heteroatoms. The number of rotatable bonds is 8. The average Bonchev–Trinajstić information content (AvgIpc) is 3.16. The predicted octanol–water partition coefficient (Wildman–Crippen LogP) is 2.96. The zero-order valence-corrected chi connectivity index (χ0v) is 19.7. The van der Waals surface area contributed by atoms with Crippen LogP contribution in [0.2, 0.25) is 0 Å². The molecule has 2 rings (SSSR count). The zero-order valence-electron chi connectivity index (χ0n) is 16.6. The van der Waals surface area contributed by atoms with Gasteiger partial charge in [-0.1, -0.05) is 19.1 Å². The molecule has 1 aliphatic rings. The number of nitrogens with zero attached hydrogens (tertiary/aromatic N) is 2. The van der Waals surface area contributed by atoms with Crippen molar-refractivity contribution in [2.75, 3.05) is 42.6 Å². The average molecular weight is 508 g/mol. The topological polar surface area (TPSA) is 73.8 Å². The van der Waals surface area contributed by atoms with E-state index in [1.54, 1.807) is 6.92 Å². The maximum absolute atomic E-state index is 11.6. The Bertz CT molecular complexity index is 703. The summed E-state index contributed by atoms with van der Waals surface area (Å²) in [4.78, 5) is 6.84. The second-order valence-electron chi connectivity index (χ2n) is 6.65. The molecule has 1 fully saturated rings. The molecule has 27 heavy (non-hydrogen) atoms. The smallest absolute Gasteiger partial charge is 0.191 e. The van der Waals surface area contributed by atoms with E-state index in [-0.39, 0.29) is 48.1 Å². The molecule has 0 radical (unpaired) electrons. The molecular weight excluding hydrogens is 475 g/mol. The first kappa shape index (κ1) is 24.0. The summed E-state index contributed by atoms with van der Waals surface area (Å²) in [6, 6.07) is 8.68. The number of halogens is 1. The summed E-state index contributed by atoms with van der Waals surface area (Å²) >= 11 is 0. The number of hydrogen-bond acceptors (Lipinski definition) is 4. The largest absolute Gasteiger partial charge is 0.372 e. The standard InChI is InChI=1S/C19H32N4O2S.HI/c1-4-20-19(21-11-14-26(24,25)5-2)22-16(3)17-9-8-10-18(15-17)23-12-6-7-13-23;/h8-10,15-16H,4-7,11-14H2,1-3H3,(H2,20,21,22);1H. The SMILES string of the molecule is CCNC(=NCCS(=O)(=O)CC)NC(C)c1cccc(N2CCCC2)c1.I. The van der Waals surface area contributed by atoms with Crippen LogP contribution in [0.25, 0.3) is 0 Å². The first-order valence-corrected chi connectivity index (χ1v) is 11.4. The summed E-state index contributed by atoms with van der Waals surface area (Å²) in [6.45, 7) is 9.01. The molecule has 1 heterocycles. The van der Waals surface area contributed by atoms with E-state index in [1.165, 1.54) is 24.1 Å². The molecule has 1 unspecified atom stereocenters. The van der Waals surface area contributed by atoms with Gasteiger partial charge >= 0.3 is 0 Å². The van der Waals surface area contributed by atoms with Crippen molar-refractivity contribution in [1.82, 2.24) is 10.6 Å². The van der Waals surface area contributed by atoms with Crippen molar-refractivity contribution in [2.24, 2.45) is 4.99 Å². The van der Waals surface area contributed by atoms with Gasteiger partial charge in [-0.25, -0.2) is 8.42 Å². The minimum atomic E-state index is -2.99. The molecule has 1 saturated heterocycles. The number of anilines is 1. The lowest BCUT2D eigenvalue weighted by atomic mass is 10.1. The first-order chi connectivity index (χ1) is 12.4. The van der Waals surface area contributed by atoms with Crippen molar-refractivity contribution >= 4 is 45.5 Å². The highest BCUT2D eigenvalue weighted by Gasteiger charge is 2.14. The minimum absolute atomic E-state index is 0. The summed E-state index contributed by atoms with van der Waals surface area (Å²) in [6.07, 6.45) is 2.52. The van der Waals surface area contributed by atoms with Crippen molar-refractivity contribution < 1.29 is 8.42 Å². The highest BCUT2D eigenvalue weighted by Crippen LogP contribution is 2.23. The van der Waals surface area contributed by atoms with Crippen molar-refractivity contribution in [2.45, 2.75) is 39.7 Å². The molecule has 6 nitrogen and oxygen atoms in total. The minimum Gasteiger partial charge on any atom is -0.372 e. The maximum atomic E-state index is 11.6. The van der Waals surface area contributed by atoms with Crippen molar-refractivity contribution in [3.63, 3.8) is 0 Å². The Morgan fingerprint density at radius 1 is 1.26 bits per heavy atom. The summed E-state index contributed by atoms with van der Waals surface area (Å²) in [7, 11) is -2.99. The number of sulfone groups is 1. The van der Waals surface area contributed by atoms with Crippen LogP contribution in [0.5, 0.6) is 0 Å². The van der Waals surface area contributed by atoms with Gasteiger partial charge in [-0.3, -0.25) is 4.99 Å². The van der Waals surface area contributed by atoms with E-state index < -0.39 is 9.84 Å². The molecule has 0 saturated carbocycles.